The maximum atomic E-state index is 12.3. The van der Waals surface area contributed by atoms with Crippen molar-refractivity contribution >= 4 is 23.6 Å². The summed E-state index contributed by atoms with van der Waals surface area (Å²) in [4.78, 5) is 29.0. The molecule has 1 aliphatic heterocycles. The maximum Gasteiger partial charge on any atom is 0.411 e. The molecule has 0 spiro atoms. The first-order valence-electron chi connectivity index (χ1n) is 10.3. The van der Waals surface area contributed by atoms with Crippen molar-refractivity contribution < 1.29 is 19.4 Å². The summed E-state index contributed by atoms with van der Waals surface area (Å²) in [6, 6.07) is 13.1. The summed E-state index contributed by atoms with van der Waals surface area (Å²) in [6.07, 6.45) is 3.78. The Balaban J connectivity index is 0.000000710. The molecule has 3 aromatic rings. The van der Waals surface area contributed by atoms with Crippen molar-refractivity contribution in [1.29, 1.82) is 0 Å². The second-order valence-corrected chi connectivity index (χ2v) is 7.64. The summed E-state index contributed by atoms with van der Waals surface area (Å²) in [6.45, 7) is 1.29. The fourth-order valence-electron chi connectivity index (χ4n) is 3.14. The molecule has 2 N–H and O–H groups in total. The van der Waals surface area contributed by atoms with Crippen molar-refractivity contribution in [2.45, 2.75) is 31.8 Å². The largest absolute Gasteiger partial charge is 0.465 e. The van der Waals surface area contributed by atoms with Gasteiger partial charge in [-0.1, -0.05) is 49.6 Å². The zero-order valence-corrected chi connectivity index (χ0v) is 17.3. The van der Waals surface area contributed by atoms with E-state index >= 15 is 0 Å². The van der Waals surface area contributed by atoms with Crippen LogP contribution in [0.3, 0.4) is 0 Å². The van der Waals surface area contributed by atoms with Crippen molar-refractivity contribution in [3.63, 3.8) is 0 Å². The third kappa shape index (κ3) is 5.18. The van der Waals surface area contributed by atoms with Gasteiger partial charge in [-0.3, -0.25) is 10.1 Å². The molecule has 1 aliphatic carbocycles. The minimum absolute atomic E-state index is 0.0195. The number of nitrogens with zero attached hydrogens (tertiary/aromatic N) is 4. The van der Waals surface area contributed by atoms with Crippen molar-refractivity contribution in [3.05, 3.63) is 48.0 Å². The molecule has 2 aromatic heterocycles. The molecule has 1 saturated heterocycles. The van der Waals surface area contributed by atoms with Crippen LogP contribution in [0.25, 0.3) is 16.9 Å². The third-order valence-corrected chi connectivity index (χ3v) is 5.07. The molecule has 162 valence electrons. The predicted octanol–water partition coefficient (Wildman–Crippen LogP) is 3.06. The molecular formula is C22H25N5O4. The standard InChI is InChI=1S/C19H19N5O4.C3H6/c1-28-14-10-23(11-14)17(25)9-12-5-7-13(8-6-12)15-3-2-4-16-20-18(21-19(26)27)22-24(15)16;1-2-3-1/h2-8,14H,9-11H2,1H3,(H,21,22)(H,26,27);1-3H2. The van der Waals surface area contributed by atoms with Gasteiger partial charge < -0.3 is 14.7 Å². The number of carboxylic acid groups (broad SMARTS) is 1. The number of likely N-dealkylation sites (tertiary alicyclic amines) is 1. The van der Waals surface area contributed by atoms with Crippen molar-refractivity contribution in [2.24, 2.45) is 0 Å². The molecule has 1 saturated carbocycles. The number of rotatable bonds is 5. The number of aromatic nitrogens is 3. The monoisotopic (exact) mass is 423 g/mol. The van der Waals surface area contributed by atoms with Crippen LogP contribution in [-0.2, 0) is 16.0 Å². The molecule has 5 rings (SSSR count). The molecule has 2 amide bonds. The van der Waals surface area contributed by atoms with Gasteiger partial charge in [0.25, 0.3) is 5.95 Å². The average Bonchev–Trinajstić information content (AvgIpc) is 3.53. The number of methoxy groups -OCH3 is 1. The van der Waals surface area contributed by atoms with Crippen LogP contribution in [0.2, 0.25) is 0 Å². The Hall–Kier alpha value is -3.46. The lowest BCUT2D eigenvalue weighted by Gasteiger charge is -2.38. The highest BCUT2D eigenvalue weighted by molar-refractivity contribution is 5.81. The first-order valence-corrected chi connectivity index (χ1v) is 10.3. The normalized spacial score (nSPS) is 15.1. The van der Waals surface area contributed by atoms with Gasteiger partial charge in [0.1, 0.15) is 0 Å². The van der Waals surface area contributed by atoms with Gasteiger partial charge >= 0.3 is 6.09 Å². The number of carbonyl (C=O) groups is 2. The number of ether oxygens (including phenoxy) is 1. The highest BCUT2D eigenvalue weighted by Crippen LogP contribution is 2.22. The Bertz CT molecular complexity index is 1070. The third-order valence-electron chi connectivity index (χ3n) is 5.07. The van der Waals surface area contributed by atoms with Gasteiger partial charge in [-0.25, -0.2) is 9.31 Å². The van der Waals surface area contributed by atoms with E-state index in [1.54, 1.807) is 22.6 Å². The zero-order chi connectivity index (χ0) is 21.8. The van der Waals surface area contributed by atoms with Crippen LogP contribution >= 0.6 is 0 Å². The molecule has 2 aliphatic rings. The van der Waals surface area contributed by atoms with Gasteiger partial charge in [-0.2, -0.15) is 4.98 Å². The lowest BCUT2D eigenvalue weighted by atomic mass is 10.0. The number of hydrogen-bond acceptors (Lipinski definition) is 5. The number of hydrogen-bond donors (Lipinski definition) is 2. The van der Waals surface area contributed by atoms with Gasteiger partial charge in [0.05, 0.1) is 18.2 Å². The van der Waals surface area contributed by atoms with Crippen LogP contribution in [0.1, 0.15) is 24.8 Å². The Kier molecular flexibility index (Phi) is 6.13. The maximum absolute atomic E-state index is 12.3. The van der Waals surface area contributed by atoms with Crippen LogP contribution in [0.4, 0.5) is 10.7 Å². The summed E-state index contributed by atoms with van der Waals surface area (Å²) in [5.41, 5.74) is 3.11. The van der Waals surface area contributed by atoms with E-state index in [0.29, 0.717) is 25.2 Å². The predicted molar refractivity (Wildman–Crippen MR) is 115 cm³/mol. The van der Waals surface area contributed by atoms with Crippen molar-refractivity contribution in [2.75, 3.05) is 25.5 Å². The molecule has 0 radical (unpaired) electrons. The molecule has 9 heteroatoms. The molecule has 0 atom stereocenters. The SMILES string of the molecule is C1CC1.COC1CN(C(=O)Cc2ccc(-c3cccc4nc(NC(=O)O)nn34)cc2)C1. The zero-order valence-electron chi connectivity index (χ0n) is 17.3. The van der Waals surface area contributed by atoms with E-state index in [0.717, 1.165) is 16.8 Å². The highest BCUT2D eigenvalue weighted by atomic mass is 16.5. The number of nitrogens with one attached hydrogen (secondary N) is 1. The van der Waals surface area contributed by atoms with E-state index in [-0.39, 0.29) is 18.0 Å². The summed E-state index contributed by atoms with van der Waals surface area (Å²) < 4.78 is 6.78. The Morgan fingerprint density at radius 1 is 1.13 bits per heavy atom. The van der Waals surface area contributed by atoms with Crippen LogP contribution < -0.4 is 5.32 Å². The van der Waals surface area contributed by atoms with E-state index in [2.05, 4.69) is 15.4 Å². The van der Waals surface area contributed by atoms with E-state index in [9.17, 15) is 9.59 Å². The lowest BCUT2D eigenvalue weighted by Crippen LogP contribution is -2.54. The lowest BCUT2D eigenvalue weighted by molar-refractivity contribution is -0.142. The fourth-order valence-corrected chi connectivity index (χ4v) is 3.14. The Morgan fingerprint density at radius 3 is 2.45 bits per heavy atom. The first kappa shape index (κ1) is 20.8. The van der Waals surface area contributed by atoms with Crippen molar-refractivity contribution in [3.8, 4) is 11.3 Å². The molecule has 31 heavy (non-hydrogen) atoms. The number of amides is 2. The van der Waals surface area contributed by atoms with E-state index < -0.39 is 6.09 Å². The van der Waals surface area contributed by atoms with Gasteiger partial charge in [0.15, 0.2) is 5.65 Å². The number of carbonyl (C=O) groups excluding carboxylic acids is 1. The van der Waals surface area contributed by atoms with E-state index in [4.69, 9.17) is 9.84 Å². The molecular weight excluding hydrogens is 398 g/mol. The summed E-state index contributed by atoms with van der Waals surface area (Å²) >= 11 is 0. The number of anilines is 1. The second kappa shape index (κ2) is 9.13. The van der Waals surface area contributed by atoms with Crippen LogP contribution in [0, 0.1) is 0 Å². The van der Waals surface area contributed by atoms with Crippen LogP contribution in [0.5, 0.6) is 0 Å². The topological polar surface area (TPSA) is 109 Å². The average molecular weight is 423 g/mol. The quantitative estimate of drug-likeness (QED) is 0.653. The Morgan fingerprint density at radius 2 is 1.84 bits per heavy atom. The number of benzene rings is 1. The smallest absolute Gasteiger partial charge is 0.411 e. The van der Waals surface area contributed by atoms with Gasteiger partial charge in [-0.15, -0.1) is 5.10 Å². The Labute approximate surface area is 179 Å². The summed E-state index contributed by atoms with van der Waals surface area (Å²) in [7, 11) is 1.65. The highest BCUT2D eigenvalue weighted by Gasteiger charge is 2.30. The summed E-state index contributed by atoms with van der Waals surface area (Å²) in [5.74, 6) is 0.106. The second-order valence-electron chi connectivity index (χ2n) is 7.64. The van der Waals surface area contributed by atoms with E-state index in [1.165, 1.54) is 19.3 Å². The molecule has 1 aromatic carbocycles. The minimum Gasteiger partial charge on any atom is -0.465 e. The summed E-state index contributed by atoms with van der Waals surface area (Å²) in [5, 5.41) is 15.2. The van der Waals surface area contributed by atoms with Gasteiger partial charge in [-0.05, 0) is 17.7 Å². The van der Waals surface area contributed by atoms with Gasteiger partial charge in [0, 0.05) is 25.8 Å². The molecule has 0 bridgehead atoms. The van der Waals surface area contributed by atoms with E-state index in [1.807, 2.05) is 36.4 Å². The fraction of sp³-hybridized carbons (Fsp3) is 0.364. The van der Waals surface area contributed by atoms with Crippen LogP contribution in [0.15, 0.2) is 42.5 Å². The number of pyridine rings is 1. The molecule has 0 unspecified atom stereocenters. The first-order chi connectivity index (χ1) is 15.0. The van der Waals surface area contributed by atoms with Crippen LogP contribution in [-0.4, -0.2) is 62.9 Å². The van der Waals surface area contributed by atoms with Gasteiger partial charge in [0.2, 0.25) is 5.91 Å². The molecule has 9 nitrogen and oxygen atoms in total. The number of fused-ring (bicyclic) bond motifs is 1. The minimum atomic E-state index is -1.22. The van der Waals surface area contributed by atoms with Crippen molar-refractivity contribution in [1.82, 2.24) is 19.5 Å². The molecule has 2 fully saturated rings. The molecule has 3 heterocycles.